The van der Waals surface area contributed by atoms with Crippen molar-refractivity contribution in [2.75, 3.05) is 0 Å². The van der Waals surface area contributed by atoms with Crippen LogP contribution in [-0.4, -0.2) is 23.1 Å². The number of amides is 2. The number of benzene rings is 1. The molecule has 20 heavy (non-hydrogen) atoms. The van der Waals surface area contributed by atoms with Gasteiger partial charge < -0.3 is 15.7 Å². The van der Waals surface area contributed by atoms with Crippen LogP contribution in [0.5, 0.6) is 0 Å². The fourth-order valence-electron chi connectivity index (χ4n) is 1.69. The number of urea groups is 1. The number of carboxylic acids is 1. The van der Waals surface area contributed by atoms with Gasteiger partial charge in [-0.2, -0.15) is 0 Å². The van der Waals surface area contributed by atoms with E-state index in [1.54, 1.807) is 0 Å². The first kappa shape index (κ1) is 16.5. The van der Waals surface area contributed by atoms with Crippen molar-refractivity contribution in [3.8, 4) is 0 Å². The van der Waals surface area contributed by atoms with E-state index in [9.17, 15) is 9.59 Å². The van der Waals surface area contributed by atoms with Gasteiger partial charge in [0, 0.05) is 23.5 Å². The molecule has 0 saturated heterocycles. The Bertz CT molecular complexity index is 448. The Kier molecular flexibility index (Phi) is 7.08. The third-order valence-corrected chi connectivity index (χ3v) is 3.30. The SMILES string of the molecule is CC(CCCC(=O)O)NC(=O)NCc1ccc(Br)cc1. The minimum Gasteiger partial charge on any atom is -0.481 e. The zero-order valence-corrected chi connectivity index (χ0v) is 12.9. The Balaban J connectivity index is 2.22. The maximum atomic E-state index is 11.6. The van der Waals surface area contributed by atoms with E-state index in [4.69, 9.17) is 5.11 Å². The maximum absolute atomic E-state index is 11.6. The molecule has 3 N–H and O–H groups in total. The highest BCUT2D eigenvalue weighted by molar-refractivity contribution is 9.10. The maximum Gasteiger partial charge on any atom is 0.315 e. The van der Waals surface area contributed by atoms with Crippen LogP contribution in [0.25, 0.3) is 0 Å². The van der Waals surface area contributed by atoms with Crippen molar-refractivity contribution >= 4 is 27.9 Å². The van der Waals surface area contributed by atoms with Crippen LogP contribution < -0.4 is 10.6 Å². The van der Waals surface area contributed by atoms with Gasteiger partial charge in [-0.05, 0) is 37.5 Å². The number of halogens is 1. The molecular weight excluding hydrogens is 324 g/mol. The molecule has 110 valence electrons. The van der Waals surface area contributed by atoms with Gasteiger partial charge in [0.1, 0.15) is 0 Å². The molecule has 1 unspecified atom stereocenters. The largest absolute Gasteiger partial charge is 0.481 e. The molecule has 6 heteroatoms. The van der Waals surface area contributed by atoms with Crippen molar-refractivity contribution in [2.45, 2.75) is 38.8 Å². The number of hydrogen-bond acceptors (Lipinski definition) is 2. The Morgan fingerprint density at radius 3 is 2.55 bits per heavy atom. The summed E-state index contributed by atoms with van der Waals surface area (Å²) in [7, 11) is 0. The van der Waals surface area contributed by atoms with Crippen molar-refractivity contribution < 1.29 is 14.7 Å². The number of aliphatic carboxylic acids is 1. The highest BCUT2D eigenvalue weighted by Crippen LogP contribution is 2.10. The van der Waals surface area contributed by atoms with Gasteiger partial charge in [0.05, 0.1) is 0 Å². The lowest BCUT2D eigenvalue weighted by atomic mass is 10.1. The van der Waals surface area contributed by atoms with Crippen LogP contribution in [0.1, 0.15) is 31.7 Å². The quantitative estimate of drug-likeness (QED) is 0.712. The van der Waals surface area contributed by atoms with Gasteiger partial charge in [-0.15, -0.1) is 0 Å². The normalized spacial score (nSPS) is 11.7. The molecule has 0 aromatic heterocycles. The summed E-state index contributed by atoms with van der Waals surface area (Å²) in [5.41, 5.74) is 1.02. The molecule has 2 amide bonds. The zero-order chi connectivity index (χ0) is 15.0. The van der Waals surface area contributed by atoms with Crippen molar-refractivity contribution in [1.29, 1.82) is 0 Å². The van der Waals surface area contributed by atoms with Crippen LogP contribution in [0.15, 0.2) is 28.7 Å². The molecule has 0 spiro atoms. The standard InChI is InChI=1S/C14H19BrN2O3/c1-10(3-2-4-13(18)19)17-14(20)16-9-11-5-7-12(15)8-6-11/h5-8,10H,2-4,9H2,1H3,(H,18,19)(H2,16,17,20). The second-order valence-corrected chi connectivity index (χ2v) is 5.56. The monoisotopic (exact) mass is 342 g/mol. The first-order valence-electron chi connectivity index (χ1n) is 6.48. The number of rotatable bonds is 7. The summed E-state index contributed by atoms with van der Waals surface area (Å²) in [5.74, 6) is -0.808. The second kappa shape index (κ2) is 8.58. The van der Waals surface area contributed by atoms with E-state index in [-0.39, 0.29) is 18.5 Å². The van der Waals surface area contributed by atoms with Crippen LogP contribution in [0, 0.1) is 0 Å². The highest BCUT2D eigenvalue weighted by atomic mass is 79.9. The molecule has 5 nitrogen and oxygen atoms in total. The first-order chi connectivity index (χ1) is 9.47. The number of hydrogen-bond donors (Lipinski definition) is 3. The molecule has 0 fully saturated rings. The molecule has 0 bridgehead atoms. The van der Waals surface area contributed by atoms with Crippen LogP contribution in [0.4, 0.5) is 4.79 Å². The van der Waals surface area contributed by atoms with Gasteiger partial charge >= 0.3 is 12.0 Å². The number of carbonyl (C=O) groups is 2. The third-order valence-electron chi connectivity index (χ3n) is 2.77. The van der Waals surface area contributed by atoms with E-state index >= 15 is 0 Å². The van der Waals surface area contributed by atoms with Gasteiger partial charge in [-0.1, -0.05) is 28.1 Å². The lowest BCUT2D eigenvalue weighted by molar-refractivity contribution is -0.137. The summed E-state index contributed by atoms with van der Waals surface area (Å²) in [6, 6.07) is 7.42. The Morgan fingerprint density at radius 2 is 1.95 bits per heavy atom. The predicted octanol–water partition coefficient (Wildman–Crippen LogP) is 2.89. The topological polar surface area (TPSA) is 78.4 Å². The molecule has 1 aromatic carbocycles. The minimum absolute atomic E-state index is 0.0423. The van der Waals surface area contributed by atoms with Gasteiger partial charge in [0.25, 0.3) is 0 Å². The summed E-state index contributed by atoms with van der Waals surface area (Å²) < 4.78 is 0.998. The molecule has 0 heterocycles. The van der Waals surface area contributed by atoms with E-state index in [0.29, 0.717) is 19.4 Å². The van der Waals surface area contributed by atoms with Crippen LogP contribution in [-0.2, 0) is 11.3 Å². The molecule has 0 radical (unpaired) electrons. The smallest absolute Gasteiger partial charge is 0.315 e. The van der Waals surface area contributed by atoms with Gasteiger partial charge in [-0.3, -0.25) is 4.79 Å². The molecule has 0 saturated carbocycles. The van der Waals surface area contributed by atoms with Gasteiger partial charge in [-0.25, -0.2) is 4.79 Å². The van der Waals surface area contributed by atoms with Gasteiger partial charge in [0.2, 0.25) is 0 Å². The average Bonchev–Trinajstić information content (AvgIpc) is 2.37. The fraction of sp³-hybridized carbons (Fsp3) is 0.429. The molecule has 1 atom stereocenters. The summed E-state index contributed by atoms with van der Waals surface area (Å²) in [4.78, 5) is 22.0. The fourth-order valence-corrected chi connectivity index (χ4v) is 1.96. The third kappa shape index (κ3) is 7.13. The minimum atomic E-state index is -0.808. The van der Waals surface area contributed by atoms with E-state index in [2.05, 4.69) is 26.6 Å². The Labute approximate surface area is 126 Å². The van der Waals surface area contributed by atoms with E-state index in [0.717, 1.165) is 10.0 Å². The van der Waals surface area contributed by atoms with Crippen molar-refractivity contribution in [3.05, 3.63) is 34.3 Å². The Hall–Kier alpha value is -1.56. The van der Waals surface area contributed by atoms with Crippen molar-refractivity contribution in [2.24, 2.45) is 0 Å². The number of nitrogens with one attached hydrogen (secondary N) is 2. The molecule has 1 rings (SSSR count). The molecule has 0 aliphatic rings. The number of carbonyl (C=O) groups excluding carboxylic acids is 1. The summed E-state index contributed by atoms with van der Waals surface area (Å²) in [5, 5.41) is 14.1. The van der Waals surface area contributed by atoms with E-state index in [1.165, 1.54) is 0 Å². The predicted molar refractivity (Wildman–Crippen MR) is 80.5 cm³/mol. The van der Waals surface area contributed by atoms with E-state index in [1.807, 2.05) is 31.2 Å². The summed E-state index contributed by atoms with van der Waals surface area (Å²) in [6.07, 6.45) is 1.34. The molecule has 1 aromatic rings. The lowest BCUT2D eigenvalue weighted by Crippen LogP contribution is -2.40. The van der Waals surface area contributed by atoms with Crippen LogP contribution in [0.2, 0.25) is 0 Å². The molecule has 0 aliphatic heterocycles. The van der Waals surface area contributed by atoms with Crippen molar-refractivity contribution in [3.63, 3.8) is 0 Å². The summed E-state index contributed by atoms with van der Waals surface area (Å²) >= 11 is 3.35. The molecular formula is C14H19BrN2O3. The lowest BCUT2D eigenvalue weighted by Gasteiger charge is -2.14. The zero-order valence-electron chi connectivity index (χ0n) is 11.4. The number of carboxylic acid groups (broad SMARTS) is 1. The van der Waals surface area contributed by atoms with E-state index < -0.39 is 5.97 Å². The Morgan fingerprint density at radius 1 is 1.30 bits per heavy atom. The second-order valence-electron chi connectivity index (χ2n) is 4.64. The van der Waals surface area contributed by atoms with Crippen LogP contribution >= 0.6 is 15.9 Å². The molecule has 0 aliphatic carbocycles. The van der Waals surface area contributed by atoms with Crippen molar-refractivity contribution in [1.82, 2.24) is 10.6 Å². The average molecular weight is 343 g/mol. The summed E-state index contributed by atoms with van der Waals surface area (Å²) in [6.45, 7) is 2.32. The first-order valence-corrected chi connectivity index (χ1v) is 7.27. The highest BCUT2D eigenvalue weighted by Gasteiger charge is 2.07. The van der Waals surface area contributed by atoms with Gasteiger partial charge in [0.15, 0.2) is 0 Å². The van der Waals surface area contributed by atoms with Crippen LogP contribution in [0.3, 0.4) is 0 Å².